The number of rotatable bonds is 8. The molecule has 1 aliphatic rings. The van der Waals surface area contributed by atoms with Gasteiger partial charge in [0.2, 0.25) is 5.91 Å². The predicted molar refractivity (Wildman–Crippen MR) is 121 cm³/mol. The zero-order valence-corrected chi connectivity index (χ0v) is 17.8. The number of aromatic nitrogens is 2. The van der Waals surface area contributed by atoms with Crippen LogP contribution in [0.1, 0.15) is 24.7 Å². The second kappa shape index (κ2) is 9.22. The van der Waals surface area contributed by atoms with Crippen molar-refractivity contribution in [2.45, 2.75) is 24.9 Å². The summed E-state index contributed by atoms with van der Waals surface area (Å²) >= 11 is 1.68. The van der Waals surface area contributed by atoms with E-state index in [1.807, 2.05) is 30.5 Å². The Kier molecular flexibility index (Phi) is 6.22. The summed E-state index contributed by atoms with van der Waals surface area (Å²) in [7, 11) is 0. The van der Waals surface area contributed by atoms with Gasteiger partial charge in [0.25, 0.3) is 5.91 Å². The number of imidazole rings is 1. The van der Waals surface area contributed by atoms with Gasteiger partial charge in [-0.15, -0.1) is 0 Å². The Morgan fingerprint density at radius 1 is 1.16 bits per heavy atom. The third kappa shape index (κ3) is 4.56. The van der Waals surface area contributed by atoms with Gasteiger partial charge < -0.3 is 15.6 Å². The fourth-order valence-corrected chi connectivity index (χ4v) is 4.05. The molecule has 0 saturated carbocycles. The van der Waals surface area contributed by atoms with Gasteiger partial charge in [0.15, 0.2) is 0 Å². The molecule has 4 rings (SSSR count). The average Bonchev–Trinajstić information content (AvgIpc) is 3.32. The Labute approximate surface area is 183 Å². The topological polar surface area (TPSA) is 107 Å². The molecule has 9 heteroatoms. The van der Waals surface area contributed by atoms with Gasteiger partial charge in [0, 0.05) is 0 Å². The van der Waals surface area contributed by atoms with Crippen LogP contribution in [0, 0.1) is 0 Å². The minimum absolute atomic E-state index is 0.135. The molecule has 0 radical (unpaired) electrons. The largest absolute Gasteiger partial charge is 0.346 e. The minimum atomic E-state index is -0.899. The van der Waals surface area contributed by atoms with E-state index in [2.05, 4.69) is 20.6 Å². The van der Waals surface area contributed by atoms with Gasteiger partial charge in [0.1, 0.15) is 11.9 Å². The normalized spacial score (nSPS) is 17.1. The molecule has 3 aromatic rings. The van der Waals surface area contributed by atoms with Gasteiger partial charge in [-0.2, -0.15) is 11.8 Å². The van der Waals surface area contributed by atoms with E-state index < -0.39 is 18.0 Å². The first-order chi connectivity index (χ1) is 15.1. The highest BCUT2D eigenvalue weighted by molar-refractivity contribution is 7.98. The molecular weight excluding hydrogens is 414 g/mol. The molecule has 2 aromatic carbocycles. The highest BCUT2D eigenvalue weighted by Gasteiger charge is 2.40. The first-order valence-corrected chi connectivity index (χ1v) is 11.4. The number of carbonyl (C=O) groups excluding carboxylic acids is 3. The van der Waals surface area contributed by atoms with Crippen LogP contribution in [0.2, 0.25) is 0 Å². The number of fused-ring (bicyclic) bond motifs is 1. The van der Waals surface area contributed by atoms with Crippen LogP contribution in [0.3, 0.4) is 0 Å². The molecule has 1 saturated heterocycles. The van der Waals surface area contributed by atoms with Crippen LogP contribution >= 0.6 is 11.8 Å². The molecular formula is C22H23N5O3S. The van der Waals surface area contributed by atoms with E-state index >= 15 is 0 Å². The smallest absolute Gasteiger partial charge is 0.329 e. The van der Waals surface area contributed by atoms with E-state index in [-0.39, 0.29) is 18.4 Å². The first-order valence-electron chi connectivity index (χ1n) is 9.99. The summed E-state index contributed by atoms with van der Waals surface area (Å²) in [6.07, 6.45) is 2.56. The van der Waals surface area contributed by atoms with E-state index in [1.165, 1.54) is 0 Å². The number of aromatic amines is 1. The van der Waals surface area contributed by atoms with Crippen molar-refractivity contribution in [2.24, 2.45) is 0 Å². The maximum atomic E-state index is 12.8. The number of H-pyrrole nitrogens is 1. The van der Waals surface area contributed by atoms with E-state index in [0.717, 1.165) is 21.7 Å². The van der Waals surface area contributed by atoms with E-state index in [0.29, 0.717) is 17.9 Å². The Bertz CT molecular complexity index is 1070. The molecule has 160 valence electrons. The third-order valence-electron chi connectivity index (χ3n) is 5.11. The van der Waals surface area contributed by atoms with E-state index in [9.17, 15) is 14.4 Å². The molecule has 1 aliphatic heterocycles. The Morgan fingerprint density at radius 2 is 1.90 bits per heavy atom. The van der Waals surface area contributed by atoms with Gasteiger partial charge in [-0.1, -0.05) is 30.3 Å². The second-order valence-corrected chi connectivity index (χ2v) is 8.24. The quantitative estimate of drug-likeness (QED) is 0.470. The van der Waals surface area contributed by atoms with Crippen molar-refractivity contribution in [1.29, 1.82) is 0 Å². The predicted octanol–water partition coefficient (Wildman–Crippen LogP) is 2.99. The Hall–Kier alpha value is -3.33. The molecule has 3 N–H and O–H groups in total. The zero-order valence-electron chi connectivity index (χ0n) is 17.0. The summed E-state index contributed by atoms with van der Waals surface area (Å²) in [5.41, 5.74) is 2.21. The summed E-state index contributed by atoms with van der Waals surface area (Å²) in [6, 6.07) is 14.6. The van der Waals surface area contributed by atoms with Crippen molar-refractivity contribution >= 4 is 46.3 Å². The highest BCUT2D eigenvalue weighted by Crippen LogP contribution is 2.22. The fraction of sp³-hybridized carbons (Fsp3) is 0.273. The molecule has 0 bridgehead atoms. The van der Waals surface area contributed by atoms with Gasteiger partial charge in [0.05, 0.1) is 29.2 Å². The summed E-state index contributed by atoms with van der Waals surface area (Å²) < 4.78 is 0. The number of hydrogen-bond acceptors (Lipinski definition) is 5. The number of imide groups is 1. The molecule has 8 nitrogen and oxygen atoms in total. The minimum Gasteiger partial charge on any atom is -0.346 e. The lowest BCUT2D eigenvalue weighted by molar-refractivity contribution is -0.126. The summed E-state index contributed by atoms with van der Waals surface area (Å²) in [5.74, 6) is 0.759. The Morgan fingerprint density at radius 3 is 2.65 bits per heavy atom. The number of carbonyl (C=O) groups is 3. The summed E-state index contributed by atoms with van der Waals surface area (Å²) in [6.45, 7) is 0. The van der Waals surface area contributed by atoms with Gasteiger partial charge in [-0.25, -0.2) is 14.7 Å². The maximum absolute atomic E-state index is 12.8. The molecule has 4 amide bonds. The van der Waals surface area contributed by atoms with Gasteiger partial charge >= 0.3 is 6.03 Å². The number of urea groups is 1. The monoisotopic (exact) mass is 437 g/mol. The van der Waals surface area contributed by atoms with Crippen LogP contribution in [0.15, 0.2) is 54.6 Å². The standard InChI is InChI=1S/C22H23N5O3S/c1-31-12-11-17(20-24-15-9-5-6-10-16(15)25-20)23-19(28)13-18-21(29)27(22(30)26-18)14-7-3-2-4-8-14/h2-10,17-18H,11-13H2,1H3,(H,23,28)(H,24,25)(H,26,30)/t17-,18?/m0/s1. The molecule has 1 aromatic heterocycles. The van der Waals surface area contributed by atoms with Crippen molar-refractivity contribution in [3.8, 4) is 0 Å². The van der Waals surface area contributed by atoms with Crippen LogP contribution in [-0.2, 0) is 9.59 Å². The average molecular weight is 438 g/mol. The Balaban J connectivity index is 1.45. The van der Waals surface area contributed by atoms with E-state index in [4.69, 9.17) is 0 Å². The maximum Gasteiger partial charge on any atom is 0.329 e. The number of hydrogen-bond donors (Lipinski definition) is 3. The summed E-state index contributed by atoms with van der Waals surface area (Å²) in [4.78, 5) is 46.8. The fourth-order valence-electron chi connectivity index (χ4n) is 3.58. The molecule has 2 atom stereocenters. The zero-order chi connectivity index (χ0) is 21.8. The third-order valence-corrected chi connectivity index (χ3v) is 5.75. The van der Waals surface area contributed by atoms with E-state index in [1.54, 1.807) is 42.1 Å². The summed E-state index contributed by atoms with van der Waals surface area (Å²) in [5, 5.41) is 5.59. The number of thioether (sulfide) groups is 1. The van der Waals surface area contributed by atoms with Crippen molar-refractivity contribution in [3.05, 3.63) is 60.4 Å². The van der Waals surface area contributed by atoms with Crippen molar-refractivity contribution in [3.63, 3.8) is 0 Å². The number of para-hydroxylation sites is 3. The van der Waals surface area contributed by atoms with Crippen LogP contribution < -0.4 is 15.5 Å². The number of amides is 4. The van der Waals surface area contributed by atoms with Crippen molar-refractivity contribution in [1.82, 2.24) is 20.6 Å². The first kappa shape index (κ1) is 20.9. The number of anilines is 1. The van der Waals surface area contributed by atoms with Gasteiger partial charge in [-0.3, -0.25) is 9.59 Å². The van der Waals surface area contributed by atoms with Gasteiger partial charge in [-0.05, 0) is 42.7 Å². The van der Waals surface area contributed by atoms with Crippen molar-refractivity contribution in [2.75, 3.05) is 16.9 Å². The highest BCUT2D eigenvalue weighted by atomic mass is 32.2. The van der Waals surface area contributed by atoms with Crippen LogP contribution in [0.25, 0.3) is 11.0 Å². The number of nitrogens with one attached hydrogen (secondary N) is 3. The lowest BCUT2D eigenvalue weighted by atomic mass is 10.1. The van der Waals surface area contributed by atoms with Crippen LogP contribution in [0.4, 0.5) is 10.5 Å². The van der Waals surface area contributed by atoms with Crippen LogP contribution in [-0.4, -0.2) is 45.9 Å². The van der Waals surface area contributed by atoms with Crippen LogP contribution in [0.5, 0.6) is 0 Å². The number of nitrogens with zero attached hydrogens (tertiary/aromatic N) is 2. The molecule has 0 aliphatic carbocycles. The lowest BCUT2D eigenvalue weighted by Gasteiger charge is -2.17. The van der Waals surface area contributed by atoms with Crippen molar-refractivity contribution < 1.29 is 14.4 Å². The molecule has 2 heterocycles. The molecule has 1 unspecified atom stereocenters. The lowest BCUT2D eigenvalue weighted by Crippen LogP contribution is -2.38. The molecule has 1 fully saturated rings. The SMILES string of the molecule is CSCC[C@H](NC(=O)CC1NC(=O)N(c2ccccc2)C1=O)c1nc2ccccc2[nH]1. The second-order valence-electron chi connectivity index (χ2n) is 7.26. The molecule has 0 spiro atoms. The molecule has 31 heavy (non-hydrogen) atoms. The number of benzene rings is 2.